The Morgan fingerprint density at radius 2 is 1.69 bits per heavy atom. The Bertz CT molecular complexity index is 310. The first kappa shape index (κ1) is 10.3. The van der Waals surface area contributed by atoms with Crippen molar-refractivity contribution in [3.8, 4) is 0 Å². The van der Waals surface area contributed by atoms with Crippen molar-refractivity contribution >= 4 is 17.4 Å². The molecule has 0 saturated heterocycles. The summed E-state index contributed by atoms with van der Waals surface area (Å²) in [4.78, 5) is 8.47. The van der Waals surface area contributed by atoms with Crippen molar-refractivity contribution < 1.29 is 0 Å². The first-order valence-corrected chi connectivity index (χ1v) is 4.65. The summed E-state index contributed by atoms with van der Waals surface area (Å²) in [6, 6.07) is 0.314. The van der Waals surface area contributed by atoms with Crippen LogP contribution in [-0.2, 0) is 0 Å². The van der Waals surface area contributed by atoms with Gasteiger partial charge < -0.3 is 5.32 Å². The molecule has 1 heterocycles. The molecular weight excluding hydrogens is 186 g/mol. The van der Waals surface area contributed by atoms with Crippen LogP contribution in [-0.4, -0.2) is 16.0 Å². The van der Waals surface area contributed by atoms with E-state index in [1.807, 2.05) is 27.7 Å². The molecule has 3 nitrogen and oxygen atoms in total. The molecule has 0 aliphatic rings. The fourth-order valence-electron chi connectivity index (χ4n) is 0.941. The molecule has 0 saturated carbocycles. The fraction of sp³-hybridized carbons (Fsp3) is 0.556. The Morgan fingerprint density at radius 3 is 2.23 bits per heavy atom. The van der Waals surface area contributed by atoms with E-state index in [-0.39, 0.29) is 0 Å². The highest BCUT2D eigenvalue weighted by molar-refractivity contribution is 6.31. The predicted molar refractivity (Wildman–Crippen MR) is 55.3 cm³/mol. The molecule has 0 fully saturated rings. The monoisotopic (exact) mass is 199 g/mol. The van der Waals surface area contributed by atoms with Gasteiger partial charge in [-0.15, -0.1) is 0 Å². The summed E-state index contributed by atoms with van der Waals surface area (Å²) >= 11 is 5.91. The largest absolute Gasteiger partial charge is 0.365 e. The minimum absolute atomic E-state index is 0.314. The molecule has 0 unspecified atom stereocenters. The minimum Gasteiger partial charge on any atom is -0.365 e. The third kappa shape index (κ3) is 2.56. The molecule has 0 aromatic carbocycles. The maximum absolute atomic E-state index is 5.91. The van der Waals surface area contributed by atoms with Crippen LogP contribution >= 0.6 is 11.6 Å². The van der Waals surface area contributed by atoms with Crippen LogP contribution in [0.1, 0.15) is 25.2 Å². The van der Waals surface area contributed by atoms with Gasteiger partial charge in [-0.1, -0.05) is 11.6 Å². The normalized spacial score (nSPS) is 10.6. The lowest BCUT2D eigenvalue weighted by Gasteiger charge is -2.11. The standard InChI is InChI=1S/C9H14ClN3/c1-5(2)11-9-8(10)12-6(3)7(4)13-9/h5H,1-4H3,(H,11,13). The first-order valence-electron chi connectivity index (χ1n) is 4.28. The topological polar surface area (TPSA) is 37.8 Å². The van der Waals surface area contributed by atoms with E-state index in [4.69, 9.17) is 11.6 Å². The van der Waals surface area contributed by atoms with Gasteiger partial charge in [-0.3, -0.25) is 0 Å². The van der Waals surface area contributed by atoms with Crippen molar-refractivity contribution in [1.82, 2.24) is 9.97 Å². The van der Waals surface area contributed by atoms with E-state index in [1.54, 1.807) is 0 Å². The van der Waals surface area contributed by atoms with Crippen LogP contribution in [0.15, 0.2) is 0 Å². The van der Waals surface area contributed by atoms with Gasteiger partial charge in [-0.25, -0.2) is 9.97 Å². The Kier molecular flexibility index (Phi) is 3.09. The summed E-state index contributed by atoms with van der Waals surface area (Å²) in [5.74, 6) is 0.666. The van der Waals surface area contributed by atoms with Crippen molar-refractivity contribution in [3.63, 3.8) is 0 Å². The highest BCUT2D eigenvalue weighted by Gasteiger charge is 2.07. The molecule has 4 heteroatoms. The van der Waals surface area contributed by atoms with Gasteiger partial charge in [0.05, 0.1) is 11.4 Å². The Labute approximate surface area is 83.5 Å². The highest BCUT2D eigenvalue weighted by atomic mass is 35.5. The minimum atomic E-state index is 0.314. The van der Waals surface area contributed by atoms with E-state index >= 15 is 0 Å². The number of nitrogens with zero attached hydrogens (tertiary/aromatic N) is 2. The Hall–Kier alpha value is -0.830. The van der Waals surface area contributed by atoms with Gasteiger partial charge in [0.25, 0.3) is 0 Å². The van der Waals surface area contributed by atoms with E-state index in [2.05, 4.69) is 15.3 Å². The lowest BCUT2D eigenvalue weighted by atomic mass is 10.3. The van der Waals surface area contributed by atoms with Crippen molar-refractivity contribution in [2.24, 2.45) is 0 Å². The smallest absolute Gasteiger partial charge is 0.171 e. The van der Waals surface area contributed by atoms with Crippen molar-refractivity contribution in [3.05, 3.63) is 16.5 Å². The molecular formula is C9H14ClN3. The summed E-state index contributed by atoms with van der Waals surface area (Å²) in [6.45, 7) is 7.89. The van der Waals surface area contributed by atoms with E-state index in [9.17, 15) is 0 Å². The number of hydrogen-bond acceptors (Lipinski definition) is 3. The number of anilines is 1. The van der Waals surface area contributed by atoms with Crippen LogP contribution in [0.2, 0.25) is 5.15 Å². The van der Waals surface area contributed by atoms with Crippen LogP contribution in [0.3, 0.4) is 0 Å². The lowest BCUT2D eigenvalue weighted by Crippen LogP contribution is -2.13. The zero-order valence-corrected chi connectivity index (χ0v) is 9.11. The number of halogens is 1. The van der Waals surface area contributed by atoms with Gasteiger partial charge in [-0.2, -0.15) is 0 Å². The third-order valence-electron chi connectivity index (χ3n) is 1.69. The molecule has 13 heavy (non-hydrogen) atoms. The maximum Gasteiger partial charge on any atom is 0.171 e. The number of rotatable bonds is 2. The summed E-state index contributed by atoms with van der Waals surface area (Å²) in [7, 11) is 0. The predicted octanol–water partition coefficient (Wildman–Crippen LogP) is 2.57. The molecule has 0 aliphatic carbocycles. The van der Waals surface area contributed by atoms with Gasteiger partial charge in [0.2, 0.25) is 0 Å². The van der Waals surface area contributed by atoms with E-state index in [1.165, 1.54) is 0 Å². The van der Waals surface area contributed by atoms with Crippen molar-refractivity contribution in [2.45, 2.75) is 33.7 Å². The number of aromatic nitrogens is 2. The molecule has 0 radical (unpaired) electrons. The molecule has 0 atom stereocenters. The van der Waals surface area contributed by atoms with Gasteiger partial charge in [0.1, 0.15) is 0 Å². The van der Waals surface area contributed by atoms with Gasteiger partial charge in [0.15, 0.2) is 11.0 Å². The SMILES string of the molecule is Cc1nc(Cl)c(NC(C)C)nc1C. The van der Waals surface area contributed by atoms with Crippen LogP contribution in [0.25, 0.3) is 0 Å². The fourth-order valence-corrected chi connectivity index (χ4v) is 1.16. The van der Waals surface area contributed by atoms with E-state index in [0.29, 0.717) is 17.0 Å². The molecule has 72 valence electrons. The van der Waals surface area contributed by atoms with E-state index in [0.717, 1.165) is 11.4 Å². The van der Waals surface area contributed by atoms with Crippen LogP contribution in [0.5, 0.6) is 0 Å². The molecule has 0 amide bonds. The third-order valence-corrected chi connectivity index (χ3v) is 1.95. The summed E-state index contributed by atoms with van der Waals surface area (Å²) in [5, 5.41) is 3.58. The van der Waals surface area contributed by atoms with Crippen LogP contribution in [0, 0.1) is 13.8 Å². The average Bonchev–Trinajstić information content (AvgIpc) is 1.99. The Morgan fingerprint density at radius 1 is 1.15 bits per heavy atom. The van der Waals surface area contributed by atoms with Gasteiger partial charge in [-0.05, 0) is 27.7 Å². The molecule has 1 aromatic rings. The molecule has 0 bridgehead atoms. The number of aryl methyl sites for hydroxylation is 2. The summed E-state index contributed by atoms with van der Waals surface area (Å²) < 4.78 is 0. The first-order chi connectivity index (χ1) is 6.00. The second kappa shape index (κ2) is 3.92. The van der Waals surface area contributed by atoms with Gasteiger partial charge in [0, 0.05) is 6.04 Å². The summed E-state index contributed by atoms with van der Waals surface area (Å²) in [6.07, 6.45) is 0. The molecule has 0 aliphatic heterocycles. The molecule has 1 rings (SSSR count). The zero-order valence-electron chi connectivity index (χ0n) is 8.35. The molecule has 0 spiro atoms. The van der Waals surface area contributed by atoms with Gasteiger partial charge >= 0.3 is 0 Å². The zero-order chi connectivity index (χ0) is 10.0. The summed E-state index contributed by atoms with van der Waals surface area (Å²) in [5.41, 5.74) is 1.78. The number of nitrogens with one attached hydrogen (secondary N) is 1. The van der Waals surface area contributed by atoms with Crippen molar-refractivity contribution in [1.29, 1.82) is 0 Å². The Balaban J connectivity index is 3.01. The average molecular weight is 200 g/mol. The lowest BCUT2D eigenvalue weighted by molar-refractivity contribution is 0.879. The second-order valence-electron chi connectivity index (χ2n) is 3.33. The molecule has 1 aromatic heterocycles. The molecule has 1 N–H and O–H groups in total. The highest BCUT2D eigenvalue weighted by Crippen LogP contribution is 2.18. The quantitative estimate of drug-likeness (QED) is 0.796. The van der Waals surface area contributed by atoms with Crippen LogP contribution < -0.4 is 5.32 Å². The second-order valence-corrected chi connectivity index (χ2v) is 3.69. The van der Waals surface area contributed by atoms with E-state index < -0.39 is 0 Å². The van der Waals surface area contributed by atoms with Crippen molar-refractivity contribution in [2.75, 3.05) is 5.32 Å². The number of hydrogen-bond donors (Lipinski definition) is 1. The maximum atomic E-state index is 5.91. The van der Waals surface area contributed by atoms with Crippen LogP contribution in [0.4, 0.5) is 5.82 Å².